The topological polar surface area (TPSA) is 248 Å². The van der Waals surface area contributed by atoms with Crippen LogP contribution in [0.3, 0.4) is 0 Å². The smallest absolute Gasteiger partial charge is 0.350 e. The zero-order chi connectivity index (χ0) is 23.0. The summed E-state index contributed by atoms with van der Waals surface area (Å²) in [4.78, 5) is 60.7. The van der Waals surface area contributed by atoms with Gasteiger partial charge in [0.15, 0.2) is 6.23 Å². The first-order valence-electron chi connectivity index (χ1n) is 7.72. The van der Waals surface area contributed by atoms with E-state index in [1.807, 2.05) is 11.1 Å². The van der Waals surface area contributed by atoms with Crippen LogP contribution in [0.4, 0.5) is 0 Å². The minimum atomic E-state index is -5.67. The standard InChI is InChI=1S/C11H16N3O13P3/c1-11(6-12)4-7(25-9(11)14-3-2-8(15)13-10(14)16)5-24-29(20,21)27-30(22,23)26-28(17,18)19/h2-3,7,9H,4-5H2,1H3,(H,20,21)(H,22,23)(H,13,15,16)(H2,17,18,19)/t7-,9+,11-/m0/s1. The molecule has 1 aliphatic rings. The Morgan fingerprint density at radius 2 is 1.90 bits per heavy atom. The molecule has 16 nitrogen and oxygen atoms in total. The number of nitriles is 1. The van der Waals surface area contributed by atoms with Crippen LogP contribution in [0, 0.1) is 16.7 Å². The van der Waals surface area contributed by atoms with Crippen molar-refractivity contribution in [3.63, 3.8) is 0 Å². The fourth-order valence-corrected chi connectivity index (χ4v) is 5.67. The lowest BCUT2D eigenvalue weighted by molar-refractivity contribution is -0.0424. The average Bonchev–Trinajstić information content (AvgIpc) is 2.87. The van der Waals surface area contributed by atoms with E-state index in [-0.39, 0.29) is 6.42 Å². The van der Waals surface area contributed by atoms with Gasteiger partial charge in [0.2, 0.25) is 0 Å². The van der Waals surface area contributed by atoms with Crippen LogP contribution in [0.15, 0.2) is 21.9 Å². The number of nitrogens with zero attached hydrogens (tertiary/aromatic N) is 2. The Kier molecular flexibility index (Phi) is 7.10. The molecule has 1 fully saturated rings. The van der Waals surface area contributed by atoms with Crippen LogP contribution in [0.25, 0.3) is 0 Å². The molecule has 0 aromatic carbocycles. The van der Waals surface area contributed by atoms with Gasteiger partial charge in [0, 0.05) is 12.3 Å². The highest BCUT2D eigenvalue weighted by atomic mass is 31.3. The fourth-order valence-electron chi connectivity index (χ4n) is 2.62. The lowest BCUT2D eigenvalue weighted by atomic mass is 9.87. The van der Waals surface area contributed by atoms with Gasteiger partial charge in [0.25, 0.3) is 5.56 Å². The normalized spacial score (nSPS) is 28.4. The molecular weight excluding hydrogens is 475 g/mol. The number of phosphoric acid groups is 3. The predicted octanol–water partition coefficient (Wildman–Crippen LogP) is -0.303. The van der Waals surface area contributed by atoms with Crippen molar-refractivity contribution >= 4 is 23.5 Å². The molecule has 1 aromatic rings. The van der Waals surface area contributed by atoms with Crippen LogP contribution in [0.2, 0.25) is 0 Å². The van der Waals surface area contributed by atoms with Gasteiger partial charge in [-0.15, -0.1) is 0 Å². The largest absolute Gasteiger partial charge is 0.490 e. The van der Waals surface area contributed by atoms with Crippen LogP contribution in [-0.2, 0) is 31.6 Å². The summed E-state index contributed by atoms with van der Waals surface area (Å²) in [5.41, 5.74) is -2.90. The van der Waals surface area contributed by atoms with Crippen molar-refractivity contribution in [2.24, 2.45) is 5.41 Å². The first kappa shape index (κ1) is 24.8. The summed E-state index contributed by atoms with van der Waals surface area (Å²) in [6, 6.07) is 2.95. The van der Waals surface area contributed by atoms with Crippen molar-refractivity contribution in [1.82, 2.24) is 9.55 Å². The first-order chi connectivity index (χ1) is 13.6. The van der Waals surface area contributed by atoms with Crippen molar-refractivity contribution in [1.29, 1.82) is 5.26 Å². The molecule has 5 N–H and O–H groups in total. The number of aromatic amines is 1. The number of nitrogens with one attached hydrogen (secondary N) is 1. The predicted molar refractivity (Wildman–Crippen MR) is 93.4 cm³/mol. The van der Waals surface area contributed by atoms with Crippen LogP contribution < -0.4 is 11.2 Å². The number of ether oxygens (including phenoxy) is 1. The summed E-state index contributed by atoms with van der Waals surface area (Å²) in [6.07, 6.45) is -1.36. The number of hydrogen-bond acceptors (Lipinski definition) is 10. The Balaban J connectivity index is 2.11. The summed E-state index contributed by atoms with van der Waals surface area (Å²) in [5.74, 6) is 0. The van der Waals surface area contributed by atoms with E-state index < -0.39 is 59.1 Å². The van der Waals surface area contributed by atoms with E-state index in [0.717, 1.165) is 16.8 Å². The molecule has 5 atom stereocenters. The molecule has 1 aromatic heterocycles. The summed E-state index contributed by atoms with van der Waals surface area (Å²) in [7, 11) is -16.6. The summed E-state index contributed by atoms with van der Waals surface area (Å²) in [6.45, 7) is 0.635. The fraction of sp³-hybridized carbons (Fsp3) is 0.545. The van der Waals surface area contributed by atoms with Gasteiger partial charge in [0.05, 0.1) is 18.8 Å². The third kappa shape index (κ3) is 6.52. The van der Waals surface area contributed by atoms with Crippen molar-refractivity contribution in [3.05, 3.63) is 33.1 Å². The highest BCUT2D eigenvalue weighted by Crippen LogP contribution is 2.66. The van der Waals surface area contributed by atoms with E-state index in [1.165, 1.54) is 6.92 Å². The Hall–Kier alpha value is -1.46. The zero-order valence-electron chi connectivity index (χ0n) is 14.9. The van der Waals surface area contributed by atoms with E-state index in [4.69, 9.17) is 19.4 Å². The lowest BCUT2D eigenvalue weighted by Gasteiger charge is -2.23. The molecule has 2 rings (SSSR count). The van der Waals surface area contributed by atoms with E-state index >= 15 is 0 Å². The minimum Gasteiger partial charge on any atom is -0.350 e. The molecular formula is C11H16N3O13P3. The van der Waals surface area contributed by atoms with Gasteiger partial charge in [0.1, 0.15) is 5.41 Å². The van der Waals surface area contributed by atoms with Gasteiger partial charge < -0.3 is 24.3 Å². The second kappa shape index (κ2) is 8.58. The number of H-pyrrole nitrogens is 1. The molecule has 0 bridgehead atoms. The minimum absolute atomic E-state index is 0.129. The number of rotatable bonds is 8. The molecule has 168 valence electrons. The molecule has 2 unspecified atom stereocenters. The molecule has 0 amide bonds. The summed E-state index contributed by atoms with van der Waals surface area (Å²) < 4.78 is 51.7. The van der Waals surface area contributed by atoms with E-state index in [0.29, 0.717) is 0 Å². The van der Waals surface area contributed by atoms with Gasteiger partial charge in [-0.05, 0) is 13.3 Å². The number of phosphoric ester groups is 1. The van der Waals surface area contributed by atoms with Crippen molar-refractivity contribution in [2.45, 2.75) is 25.7 Å². The highest BCUT2D eigenvalue weighted by molar-refractivity contribution is 7.66. The second-order valence-corrected chi connectivity index (χ2v) is 10.7. The Bertz CT molecular complexity index is 1100. The Morgan fingerprint density at radius 1 is 1.27 bits per heavy atom. The highest BCUT2D eigenvalue weighted by Gasteiger charge is 2.48. The van der Waals surface area contributed by atoms with Crippen LogP contribution in [0.5, 0.6) is 0 Å². The summed E-state index contributed by atoms with van der Waals surface area (Å²) in [5, 5.41) is 9.46. The monoisotopic (exact) mass is 491 g/mol. The van der Waals surface area contributed by atoms with Gasteiger partial charge in [-0.25, -0.2) is 18.5 Å². The maximum absolute atomic E-state index is 12.0. The molecule has 0 saturated carbocycles. The molecule has 0 aliphatic carbocycles. The molecule has 30 heavy (non-hydrogen) atoms. The van der Waals surface area contributed by atoms with Gasteiger partial charge in [-0.1, -0.05) is 0 Å². The number of hydrogen-bond donors (Lipinski definition) is 5. The lowest BCUT2D eigenvalue weighted by Crippen LogP contribution is -2.36. The number of aromatic nitrogens is 2. The third-order valence-corrected chi connectivity index (χ3v) is 7.52. The van der Waals surface area contributed by atoms with Crippen LogP contribution in [0.1, 0.15) is 19.6 Å². The molecule has 1 aliphatic heterocycles. The van der Waals surface area contributed by atoms with Gasteiger partial charge in [-0.3, -0.25) is 18.9 Å². The Labute approximate surface area is 167 Å². The van der Waals surface area contributed by atoms with Crippen molar-refractivity contribution < 1.29 is 51.2 Å². The quantitative estimate of drug-likeness (QED) is 0.293. The molecule has 0 radical (unpaired) electrons. The van der Waals surface area contributed by atoms with E-state index in [2.05, 4.69) is 13.1 Å². The van der Waals surface area contributed by atoms with Crippen molar-refractivity contribution in [3.8, 4) is 6.07 Å². The third-order valence-electron chi connectivity index (χ3n) is 3.72. The second-order valence-electron chi connectivity index (χ2n) is 6.25. The van der Waals surface area contributed by atoms with Gasteiger partial charge in [-0.2, -0.15) is 13.9 Å². The molecule has 19 heteroatoms. The zero-order valence-corrected chi connectivity index (χ0v) is 17.6. The Morgan fingerprint density at radius 3 is 2.43 bits per heavy atom. The SMILES string of the molecule is C[C@@]1(C#N)C[C@@H](COP(=O)(O)OP(=O)(O)OP(=O)(O)O)O[C@H]1n1ccc(=O)[nH]c1=O. The van der Waals surface area contributed by atoms with Crippen molar-refractivity contribution in [2.75, 3.05) is 6.61 Å². The molecule has 1 saturated heterocycles. The van der Waals surface area contributed by atoms with Gasteiger partial charge >= 0.3 is 29.2 Å². The average molecular weight is 491 g/mol. The molecule has 2 heterocycles. The van der Waals surface area contributed by atoms with E-state index in [1.54, 1.807) is 0 Å². The van der Waals surface area contributed by atoms with E-state index in [9.17, 15) is 33.4 Å². The summed E-state index contributed by atoms with van der Waals surface area (Å²) >= 11 is 0. The first-order valence-corrected chi connectivity index (χ1v) is 12.2. The maximum atomic E-state index is 12.0. The van der Waals surface area contributed by atoms with Crippen LogP contribution >= 0.6 is 23.5 Å². The van der Waals surface area contributed by atoms with Crippen LogP contribution in [-0.4, -0.2) is 41.8 Å². The molecule has 0 spiro atoms. The maximum Gasteiger partial charge on any atom is 0.490 e.